The molecule has 0 radical (unpaired) electrons. The Morgan fingerprint density at radius 3 is 2.78 bits per heavy atom. The number of nitrogens with one attached hydrogen (secondary N) is 1. The maximum absolute atomic E-state index is 11.9. The maximum atomic E-state index is 11.9. The lowest BCUT2D eigenvalue weighted by molar-refractivity contribution is -0.126. The van der Waals surface area contributed by atoms with E-state index in [1.807, 2.05) is 0 Å². The van der Waals surface area contributed by atoms with Crippen LogP contribution < -0.4 is 11.1 Å². The monoisotopic (exact) mass is 280 g/mol. The second-order valence-electron chi connectivity index (χ2n) is 4.43. The summed E-state index contributed by atoms with van der Waals surface area (Å²) in [6.45, 7) is 2.88. The summed E-state index contributed by atoms with van der Waals surface area (Å²) >= 11 is 0. The first-order valence-electron chi connectivity index (χ1n) is 6.34. The molecular weight excluding hydrogens is 256 g/mol. The molecule has 1 aliphatic rings. The van der Waals surface area contributed by atoms with Crippen molar-refractivity contribution in [2.45, 2.75) is 19.3 Å². The Labute approximate surface area is 115 Å². The van der Waals surface area contributed by atoms with Crippen LogP contribution in [0.3, 0.4) is 0 Å². The van der Waals surface area contributed by atoms with E-state index in [2.05, 4.69) is 5.32 Å². The predicted molar refractivity (Wildman–Crippen MR) is 72.8 cm³/mol. The molecule has 2 atom stereocenters. The van der Waals surface area contributed by atoms with E-state index in [0.29, 0.717) is 38.8 Å². The van der Waals surface area contributed by atoms with Crippen LogP contribution in [-0.2, 0) is 14.3 Å². The number of hydrogen-bond acceptors (Lipinski definition) is 4. The summed E-state index contributed by atoms with van der Waals surface area (Å²) in [6.07, 6.45) is 3.17. The molecule has 0 aromatic rings. The zero-order valence-corrected chi connectivity index (χ0v) is 11.8. The number of halogens is 1. The molecule has 0 spiro atoms. The summed E-state index contributed by atoms with van der Waals surface area (Å²) in [5.41, 5.74) is 5.65. The average molecular weight is 281 g/mol. The van der Waals surface area contributed by atoms with Crippen molar-refractivity contribution in [2.75, 3.05) is 40.0 Å². The van der Waals surface area contributed by atoms with Crippen LogP contribution in [0.2, 0.25) is 0 Å². The Kier molecular flexibility index (Phi) is 10.3. The molecule has 18 heavy (non-hydrogen) atoms. The van der Waals surface area contributed by atoms with Crippen molar-refractivity contribution in [3.05, 3.63) is 0 Å². The standard InChI is InChI=1S/C12H24N2O3.ClH/c1-16-7-8-17-6-5-14-12(15)11-4-2-3-10(11)9-13;/h10-11H,2-9,13H2,1H3,(H,14,15);1H/t10-,11-;/m1./s1. The van der Waals surface area contributed by atoms with Gasteiger partial charge in [0.05, 0.1) is 19.8 Å². The van der Waals surface area contributed by atoms with Gasteiger partial charge in [-0.15, -0.1) is 12.4 Å². The van der Waals surface area contributed by atoms with Gasteiger partial charge in [-0.2, -0.15) is 0 Å². The molecule has 0 heterocycles. The van der Waals surface area contributed by atoms with E-state index < -0.39 is 0 Å². The van der Waals surface area contributed by atoms with Crippen molar-refractivity contribution in [2.24, 2.45) is 17.6 Å². The summed E-state index contributed by atoms with van der Waals surface area (Å²) in [5, 5.41) is 2.91. The van der Waals surface area contributed by atoms with Gasteiger partial charge >= 0.3 is 0 Å². The number of hydrogen-bond donors (Lipinski definition) is 2. The number of nitrogens with two attached hydrogens (primary N) is 1. The average Bonchev–Trinajstić information content (AvgIpc) is 2.81. The third-order valence-corrected chi connectivity index (χ3v) is 3.28. The highest BCUT2D eigenvalue weighted by molar-refractivity contribution is 5.85. The van der Waals surface area contributed by atoms with Crippen LogP contribution in [0.5, 0.6) is 0 Å². The summed E-state index contributed by atoms with van der Waals surface area (Å²) < 4.78 is 10.1. The summed E-state index contributed by atoms with van der Waals surface area (Å²) in [7, 11) is 1.64. The van der Waals surface area contributed by atoms with Gasteiger partial charge in [0.2, 0.25) is 5.91 Å². The molecule has 108 valence electrons. The second-order valence-corrected chi connectivity index (χ2v) is 4.43. The number of rotatable bonds is 8. The first kappa shape index (κ1) is 17.6. The van der Waals surface area contributed by atoms with E-state index in [-0.39, 0.29) is 24.2 Å². The van der Waals surface area contributed by atoms with Crippen molar-refractivity contribution in [3.63, 3.8) is 0 Å². The lowest BCUT2D eigenvalue weighted by Gasteiger charge is -2.17. The minimum absolute atomic E-state index is 0. The molecule has 0 aliphatic heterocycles. The second kappa shape index (κ2) is 10.6. The van der Waals surface area contributed by atoms with Crippen molar-refractivity contribution < 1.29 is 14.3 Å². The van der Waals surface area contributed by atoms with Gasteiger partial charge in [0.15, 0.2) is 0 Å². The molecule has 1 fully saturated rings. The third kappa shape index (κ3) is 6.00. The fraction of sp³-hybridized carbons (Fsp3) is 0.917. The Morgan fingerprint density at radius 2 is 2.11 bits per heavy atom. The van der Waals surface area contributed by atoms with E-state index >= 15 is 0 Å². The first-order valence-corrected chi connectivity index (χ1v) is 6.34. The molecular formula is C12H25ClN2O3. The SMILES string of the molecule is COCCOCCNC(=O)[C@@H]1CCC[C@@H]1CN.Cl. The molecule has 1 rings (SSSR count). The fourth-order valence-electron chi connectivity index (χ4n) is 2.29. The van der Waals surface area contributed by atoms with E-state index in [1.165, 1.54) is 0 Å². The number of methoxy groups -OCH3 is 1. The van der Waals surface area contributed by atoms with E-state index in [9.17, 15) is 4.79 Å². The Hall–Kier alpha value is -0.360. The topological polar surface area (TPSA) is 73.6 Å². The number of ether oxygens (including phenoxy) is 2. The predicted octanol–water partition coefficient (Wildman–Crippen LogP) is 0.562. The molecule has 0 unspecified atom stereocenters. The molecule has 6 heteroatoms. The van der Waals surface area contributed by atoms with Crippen molar-refractivity contribution in [1.82, 2.24) is 5.32 Å². The van der Waals surface area contributed by atoms with Crippen molar-refractivity contribution in [3.8, 4) is 0 Å². The summed E-state index contributed by atoms with van der Waals surface area (Å²) in [5.74, 6) is 0.608. The molecule has 3 N–H and O–H groups in total. The van der Waals surface area contributed by atoms with Crippen LogP contribution in [0.15, 0.2) is 0 Å². The quantitative estimate of drug-likeness (QED) is 0.637. The largest absolute Gasteiger partial charge is 0.382 e. The Bertz CT molecular complexity index is 229. The van der Waals surface area contributed by atoms with Gasteiger partial charge in [-0.1, -0.05) is 6.42 Å². The van der Waals surface area contributed by atoms with Gasteiger partial charge < -0.3 is 20.5 Å². The zero-order chi connectivity index (χ0) is 12.5. The molecule has 5 nitrogen and oxygen atoms in total. The fourth-order valence-corrected chi connectivity index (χ4v) is 2.29. The van der Waals surface area contributed by atoms with E-state index in [0.717, 1.165) is 19.3 Å². The van der Waals surface area contributed by atoms with Gasteiger partial charge in [0.1, 0.15) is 0 Å². The van der Waals surface area contributed by atoms with Gasteiger partial charge in [0.25, 0.3) is 0 Å². The molecule has 1 amide bonds. The van der Waals surface area contributed by atoms with Crippen LogP contribution >= 0.6 is 12.4 Å². The maximum Gasteiger partial charge on any atom is 0.223 e. The first-order chi connectivity index (χ1) is 8.29. The smallest absolute Gasteiger partial charge is 0.223 e. The molecule has 0 saturated heterocycles. The van der Waals surface area contributed by atoms with Crippen LogP contribution in [-0.4, -0.2) is 45.9 Å². The lowest BCUT2D eigenvalue weighted by Crippen LogP contribution is -2.36. The van der Waals surface area contributed by atoms with Gasteiger partial charge in [0, 0.05) is 19.6 Å². The highest BCUT2D eigenvalue weighted by Gasteiger charge is 2.31. The Balaban J connectivity index is 0.00000289. The van der Waals surface area contributed by atoms with Gasteiger partial charge in [-0.3, -0.25) is 4.79 Å². The van der Waals surface area contributed by atoms with Crippen molar-refractivity contribution >= 4 is 18.3 Å². The normalized spacial score (nSPS) is 22.6. The van der Waals surface area contributed by atoms with Gasteiger partial charge in [-0.25, -0.2) is 0 Å². The van der Waals surface area contributed by atoms with Crippen LogP contribution in [0.4, 0.5) is 0 Å². The zero-order valence-electron chi connectivity index (χ0n) is 11.0. The summed E-state index contributed by atoms with van der Waals surface area (Å²) in [4.78, 5) is 11.9. The van der Waals surface area contributed by atoms with Crippen molar-refractivity contribution in [1.29, 1.82) is 0 Å². The molecule has 1 aliphatic carbocycles. The van der Waals surface area contributed by atoms with Crippen LogP contribution in [0, 0.1) is 11.8 Å². The Morgan fingerprint density at radius 1 is 1.33 bits per heavy atom. The van der Waals surface area contributed by atoms with Gasteiger partial charge in [-0.05, 0) is 25.3 Å². The minimum Gasteiger partial charge on any atom is -0.382 e. The molecule has 1 saturated carbocycles. The number of carbonyl (C=O) groups excluding carboxylic acids is 1. The lowest BCUT2D eigenvalue weighted by atomic mass is 9.95. The van der Waals surface area contributed by atoms with Crippen LogP contribution in [0.1, 0.15) is 19.3 Å². The van der Waals surface area contributed by atoms with Crippen LogP contribution in [0.25, 0.3) is 0 Å². The molecule has 0 bridgehead atoms. The highest BCUT2D eigenvalue weighted by atomic mass is 35.5. The minimum atomic E-state index is 0. The summed E-state index contributed by atoms with van der Waals surface area (Å²) in [6, 6.07) is 0. The molecule has 0 aromatic heterocycles. The molecule has 0 aromatic carbocycles. The number of amides is 1. The highest BCUT2D eigenvalue weighted by Crippen LogP contribution is 2.30. The van der Waals surface area contributed by atoms with E-state index in [4.69, 9.17) is 15.2 Å². The number of carbonyl (C=O) groups is 1. The van der Waals surface area contributed by atoms with E-state index in [1.54, 1.807) is 7.11 Å². The third-order valence-electron chi connectivity index (χ3n) is 3.28.